The Kier molecular flexibility index (Phi) is 3.50. The Hall–Kier alpha value is -0.610. The number of nitrogens with two attached hydrogens (primary N) is 1. The lowest BCUT2D eigenvalue weighted by Gasteiger charge is -2.44. The normalized spacial score (nSPS) is 26.8. The van der Waals surface area contributed by atoms with Gasteiger partial charge in [-0.05, 0) is 39.0 Å². The molecule has 2 aliphatic heterocycles. The molecular weight excluding hydrogens is 204 g/mol. The van der Waals surface area contributed by atoms with Gasteiger partial charge >= 0.3 is 0 Å². The van der Waals surface area contributed by atoms with Crippen LogP contribution in [0.2, 0.25) is 0 Å². The highest BCUT2D eigenvalue weighted by atomic mass is 16.5. The number of likely N-dealkylation sites (tertiary alicyclic amines) is 1. The van der Waals surface area contributed by atoms with E-state index in [2.05, 4.69) is 0 Å². The molecule has 0 aliphatic carbocycles. The molecule has 0 radical (unpaired) electrons. The Morgan fingerprint density at radius 1 is 1.31 bits per heavy atom. The molecule has 2 heterocycles. The van der Waals surface area contributed by atoms with Gasteiger partial charge in [0.25, 0.3) is 0 Å². The molecule has 92 valence electrons. The van der Waals surface area contributed by atoms with Gasteiger partial charge in [-0.25, -0.2) is 0 Å². The first-order valence-electron chi connectivity index (χ1n) is 6.31. The van der Waals surface area contributed by atoms with Crippen molar-refractivity contribution in [1.29, 1.82) is 0 Å². The van der Waals surface area contributed by atoms with E-state index in [9.17, 15) is 4.79 Å². The van der Waals surface area contributed by atoms with E-state index in [1.807, 2.05) is 4.90 Å². The smallest absolute Gasteiger partial charge is 0.239 e. The van der Waals surface area contributed by atoms with E-state index in [1.54, 1.807) is 6.92 Å². The second-order valence-electron chi connectivity index (χ2n) is 5.10. The first-order valence-corrected chi connectivity index (χ1v) is 6.31. The van der Waals surface area contributed by atoms with Crippen LogP contribution in [0.15, 0.2) is 0 Å². The molecule has 0 aromatic rings. The van der Waals surface area contributed by atoms with Crippen LogP contribution in [0, 0.1) is 0 Å². The molecule has 1 spiro atoms. The van der Waals surface area contributed by atoms with Crippen LogP contribution in [0.5, 0.6) is 0 Å². The average Bonchev–Trinajstić information content (AvgIpc) is 2.30. The standard InChI is InChI=1S/C12H22N2O2/c1-10(13)11(15)14-7-5-12(6-8-14)4-2-3-9-16-12/h10H,2-9,13H2,1H3/t10-/m0/s1. The van der Waals surface area contributed by atoms with Crippen LogP contribution in [-0.2, 0) is 9.53 Å². The number of ether oxygens (including phenoxy) is 1. The van der Waals surface area contributed by atoms with Crippen molar-refractivity contribution in [2.75, 3.05) is 19.7 Å². The molecule has 2 fully saturated rings. The SMILES string of the molecule is C[C@H](N)C(=O)N1CCC2(CCCCO2)CC1. The maximum atomic E-state index is 11.7. The summed E-state index contributed by atoms with van der Waals surface area (Å²) in [7, 11) is 0. The van der Waals surface area contributed by atoms with Crippen LogP contribution >= 0.6 is 0 Å². The molecule has 0 aromatic carbocycles. The molecule has 2 N–H and O–H groups in total. The zero-order chi connectivity index (χ0) is 11.6. The van der Waals surface area contributed by atoms with Crippen LogP contribution in [0.3, 0.4) is 0 Å². The molecule has 2 rings (SSSR count). The Morgan fingerprint density at radius 3 is 2.50 bits per heavy atom. The molecular formula is C12H22N2O2. The highest BCUT2D eigenvalue weighted by Gasteiger charge is 2.38. The van der Waals surface area contributed by atoms with Crippen LogP contribution in [0.1, 0.15) is 39.0 Å². The highest BCUT2D eigenvalue weighted by Crippen LogP contribution is 2.34. The predicted octanol–water partition coefficient (Wildman–Crippen LogP) is 0.895. The number of carbonyl (C=O) groups excluding carboxylic acids is 1. The maximum absolute atomic E-state index is 11.7. The first kappa shape index (κ1) is 11.9. The lowest BCUT2D eigenvalue weighted by molar-refractivity contribution is -0.143. The molecule has 2 aliphatic rings. The van der Waals surface area contributed by atoms with Gasteiger partial charge in [0.05, 0.1) is 11.6 Å². The number of amides is 1. The van der Waals surface area contributed by atoms with Crippen LogP contribution in [0.4, 0.5) is 0 Å². The summed E-state index contributed by atoms with van der Waals surface area (Å²) in [5.41, 5.74) is 5.69. The molecule has 1 atom stereocenters. The Labute approximate surface area is 97.1 Å². The lowest BCUT2D eigenvalue weighted by Crippen LogP contribution is -2.52. The second-order valence-corrected chi connectivity index (χ2v) is 5.10. The van der Waals surface area contributed by atoms with Crippen molar-refractivity contribution in [2.24, 2.45) is 5.73 Å². The van der Waals surface area contributed by atoms with Gasteiger partial charge in [0, 0.05) is 19.7 Å². The second kappa shape index (κ2) is 4.72. The summed E-state index contributed by atoms with van der Waals surface area (Å²) in [4.78, 5) is 13.6. The fraction of sp³-hybridized carbons (Fsp3) is 0.917. The summed E-state index contributed by atoms with van der Waals surface area (Å²) in [6, 6.07) is -0.374. The zero-order valence-electron chi connectivity index (χ0n) is 10.1. The van der Waals surface area contributed by atoms with Crippen LogP contribution in [0.25, 0.3) is 0 Å². The Bertz CT molecular complexity index is 250. The van der Waals surface area contributed by atoms with E-state index in [0.717, 1.165) is 39.0 Å². The van der Waals surface area contributed by atoms with E-state index in [0.29, 0.717) is 0 Å². The average molecular weight is 226 g/mol. The number of hydrogen-bond acceptors (Lipinski definition) is 3. The number of rotatable bonds is 1. The van der Waals surface area contributed by atoms with Crippen molar-refractivity contribution in [3.05, 3.63) is 0 Å². The van der Waals surface area contributed by atoms with Gasteiger partial charge in [0.1, 0.15) is 0 Å². The molecule has 1 amide bonds. The minimum absolute atomic E-state index is 0.0747. The third kappa shape index (κ3) is 2.38. The van der Waals surface area contributed by atoms with Gasteiger partial charge in [-0.2, -0.15) is 0 Å². The van der Waals surface area contributed by atoms with Gasteiger partial charge in [0.2, 0.25) is 5.91 Å². The molecule has 0 saturated carbocycles. The summed E-state index contributed by atoms with van der Waals surface area (Å²) in [6.07, 6.45) is 5.57. The fourth-order valence-electron chi connectivity index (χ4n) is 2.73. The predicted molar refractivity (Wildman–Crippen MR) is 62.0 cm³/mol. The summed E-state index contributed by atoms with van der Waals surface area (Å²) < 4.78 is 5.93. The fourth-order valence-corrected chi connectivity index (χ4v) is 2.73. The van der Waals surface area contributed by atoms with Crippen molar-refractivity contribution in [2.45, 2.75) is 50.7 Å². The van der Waals surface area contributed by atoms with E-state index in [1.165, 1.54) is 12.8 Å². The molecule has 16 heavy (non-hydrogen) atoms. The van der Waals surface area contributed by atoms with Crippen molar-refractivity contribution >= 4 is 5.91 Å². The highest BCUT2D eigenvalue weighted by molar-refractivity contribution is 5.81. The monoisotopic (exact) mass is 226 g/mol. The van der Waals surface area contributed by atoms with E-state index in [-0.39, 0.29) is 17.6 Å². The van der Waals surface area contributed by atoms with E-state index < -0.39 is 0 Å². The number of carbonyl (C=O) groups is 1. The number of piperidine rings is 1. The Balaban J connectivity index is 1.88. The summed E-state index contributed by atoms with van der Waals surface area (Å²) in [6.45, 7) is 4.26. The summed E-state index contributed by atoms with van der Waals surface area (Å²) in [5.74, 6) is 0.0747. The minimum Gasteiger partial charge on any atom is -0.375 e. The van der Waals surface area contributed by atoms with E-state index >= 15 is 0 Å². The number of nitrogens with zero attached hydrogens (tertiary/aromatic N) is 1. The van der Waals surface area contributed by atoms with E-state index in [4.69, 9.17) is 10.5 Å². The third-order valence-electron chi connectivity index (χ3n) is 3.81. The van der Waals surface area contributed by atoms with Gasteiger partial charge < -0.3 is 15.4 Å². The third-order valence-corrected chi connectivity index (χ3v) is 3.81. The molecule has 0 unspecified atom stereocenters. The van der Waals surface area contributed by atoms with Crippen molar-refractivity contribution in [3.63, 3.8) is 0 Å². The van der Waals surface area contributed by atoms with Crippen molar-refractivity contribution in [1.82, 2.24) is 4.90 Å². The van der Waals surface area contributed by atoms with Gasteiger partial charge in [-0.3, -0.25) is 4.79 Å². The first-order chi connectivity index (χ1) is 7.63. The molecule has 0 aromatic heterocycles. The molecule has 2 saturated heterocycles. The molecule has 0 bridgehead atoms. The lowest BCUT2D eigenvalue weighted by atomic mass is 9.84. The quantitative estimate of drug-likeness (QED) is 0.722. The van der Waals surface area contributed by atoms with Gasteiger partial charge in [-0.15, -0.1) is 0 Å². The van der Waals surface area contributed by atoms with Crippen LogP contribution < -0.4 is 5.73 Å². The van der Waals surface area contributed by atoms with Crippen molar-refractivity contribution < 1.29 is 9.53 Å². The Morgan fingerprint density at radius 2 is 2.00 bits per heavy atom. The molecule has 4 nitrogen and oxygen atoms in total. The minimum atomic E-state index is -0.374. The topological polar surface area (TPSA) is 55.6 Å². The van der Waals surface area contributed by atoms with Gasteiger partial charge in [-0.1, -0.05) is 0 Å². The summed E-state index contributed by atoms with van der Waals surface area (Å²) >= 11 is 0. The van der Waals surface area contributed by atoms with Gasteiger partial charge in [0.15, 0.2) is 0 Å². The largest absolute Gasteiger partial charge is 0.375 e. The number of hydrogen-bond donors (Lipinski definition) is 1. The van der Waals surface area contributed by atoms with Crippen LogP contribution in [-0.4, -0.2) is 42.1 Å². The molecule has 4 heteroatoms. The van der Waals surface area contributed by atoms with Crippen molar-refractivity contribution in [3.8, 4) is 0 Å². The zero-order valence-corrected chi connectivity index (χ0v) is 10.1. The maximum Gasteiger partial charge on any atom is 0.239 e. The summed E-state index contributed by atoms with van der Waals surface area (Å²) in [5, 5.41) is 0.